The van der Waals surface area contributed by atoms with Crippen molar-refractivity contribution >= 4 is 12.1 Å². The van der Waals surface area contributed by atoms with E-state index >= 15 is 0 Å². The molecule has 0 spiro atoms. The molecule has 0 bridgehead atoms. The predicted molar refractivity (Wildman–Crippen MR) is 93.7 cm³/mol. The summed E-state index contributed by atoms with van der Waals surface area (Å²) in [7, 11) is 3.96. The van der Waals surface area contributed by atoms with Crippen LogP contribution in [0.5, 0.6) is 11.5 Å². The molecule has 0 aliphatic heterocycles. The molecule has 0 saturated carbocycles. The fourth-order valence-corrected chi connectivity index (χ4v) is 1.87. The second-order valence-electron chi connectivity index (χ2n) is 5.43. The second kappa shape index (κ2) is 8.69. The Kier molecular flexibility index (Phi) is 6.33. The third kappa shape index (κ3) is 5.40. The van der Waals surface area contributed by atoms with Gasteiger partial charge in [0.1, 0.15) is 18.1 Å². The van der Waals surface area contributed by atoms with E-state index in [1.165, 1.54) is 6.21 Å². The molecular formula is C18H21N3O3. The summed E-state index contributed by atoms with van der Waals surface area (Å²) in [5.41, 5.74) is 3.43. The first-order valence-corrected chi connectivity index (χ1v) is 7.55. The highest BCUT2D eigenvalue weighted by Gasteiger charge is 2.04. The van der Waals surface area contributed by atoms with Gasteiger partial charge in [0.05, 0.1) is 6.21 Å². The molecule has 6 nitrogen and oxygen atoms in total. The maximum atomic E-state index is 12.0. The zero-order valence-electron chi connectivity index (χ0n) is 13.8. The Morgan fingerprint density at radius 1 is 1.21 bits per heavy atom. The van der Waals surface area contributed by atoms with Crippen LogP contribution in [0.25, 0.3) is 0 Å². The highest BCUT2D eigenvalue weighted by molar-refractivity contribution is 5.95. The molecule has 6 heteroatoms. The molecular weight excluding hydrogens is 306 g/mol. The average Bonchev–Trinajstić information content (AvgIpc) is 2.57. The van der Waals surface area contributed by atoms with Crippen LogP contribution in [0, 0.1) is 0 Å². The second-order valence-corrected chi connectivity index (χ2v) is 5.43. The van der Waals surface area contributed by atoms with E-state index < -0.39 is 0 Å². The van der Waals surface area contributed by atoms with Crippen LogP contribution in [0.15, 0.2) is 53.6 Å². The molecule has 2 aromatic carbocycles. The van der Waals surface area contributed by atoms with E-state index in [0.29, 0.717) is 23.5 Å². The van der Waals surface area contributed by atoms with Crippen LogP contribution in [-0.2, 0) is 0 Å². The minimum Gasteiger partial charge on any atom is -0.507 e. The van der Waals surface area contributed by atoms with Crippen LogP contribution in [0.3, 0.4) is 0 Å². The maximum absolute atomic E-state index is 12.0. The lowest BCUT2D eigenvalue weighted by Crippen LogP contribution is -2.19. The number of likely N-dealkylation sites (N-methyl/N-ethyl adjacent to an activating group) is 1. The number of aromatic hydroxyl groups is 1. The number of phenols is 1. The molecule has 0 aromatic heterocycles. The highest BCUT2D eigenvalue weighted by atomic mass is 16.5. The lowest BCUT2D eigenvalue weighted by molar-refractivity contribution is 0.0955. The molecule has 2 N–H and O–H groups in total. The average molecular weight is 327 g/mol. The molecule has 0 aliphatic carbocycles. The van der Waals surface area contributed by atoms with Gasteiger partial charge in [-0.15, -0.1) is 0 Å². The largest absolute Gasteiger partial charge is 0.507 e. The van der Waals surface area contributed by atoms with Gasteiger partial charge in [0.15, 0.2) is 0 Å². The van der Waals surface area contributed by atoms with E-state index in [2.05, 4.69) is 10.5 Å². The highest BCUT2D eigenvalue weighted by Crippen LogP contribution is 2.13. The van der Waals surface area contributed by atoms with Crippen molar-refractivity contribution in [2.24, 2.45) is 5.10 Å². The number of benzene rings is 2. The van der Waals surface area contributed by atoms with E-state index in [9.17, 15) is 9.90 Å². The molecule has 2 rings (SSSR count). The number of amides is 1. The minimum absolute atomic E-state index is 0.106. The predicted octanol–water partition coefficient (Wildman–Crippen LogP) is 2.10. The number of carbonyl (C=O) groups is 1. The van der Waals surface area contributed by atoms with Crippen LogP contribution in [0.1, 0.15) is 15.9 Å². The number of rotatable bonds is 7. The maximum Gasteiger partial charge on any atom is 0.271 e. The third-order valence-corrected chi connectivity index (χ3v) is 3.23. The molecule has 1 amide bonds. The van der Waals surface area contributed by atoms with E-state index in [4.69, 9.17) is 4.74 Å². The summed E-state index contributed by atoms with van der Waals surface area (Å²) in [5, 5.41) is 13.5. The Labute approximate surface area is 141 Å². The first-order valence-electron chi connectivity index (χ1n) is 7.55. The molecule has 0 heterocycles. The quantitative estimate of drug-likeness (QED) is 0.603. The Balaban J connectivity index is 1.87. The first kappa shape index (κ1) is 17.5. The third-order valence-electron chi connectivity index (χ3n) is 3.23. The molecule has 126 valence electrons. The van der Waals surface area contributed by atoms with Gasteiger partial charge in [-0.05, 0) is 50.5 Å². The van der Waals surface area contributed by atoms with Crippen molar-refractivity contribution in [3.05, 3.63) is 59.7 Å². The summed E-state index contributed by atoms with van der Waals surface area (Å²) in [6, 6.07) is 13.6. The van der Waals surface area contributed by atoms with Gasteiger partial charge in [-0.2, -0.15) is 5.10 Å². The monoisotopic (exact) mass is 327 g/mol. The molecule has 24 heavy (non-hydrogen) atoms. The lowest BCUT2D eigenvalue weighted by Gasteiger charge is -2.11. The van der Waals surface area contributed by atoms with Crippen molar-refractivity contribution in [2.75, 3.05) is 27.2 Å². The molecule has 0 aliphatic rings. The number of carbonyl (C=O) groups excluding carboxylic acids is 1. The number of hydrazone groups is 1. The smallest absolute Gasteiger partial charge is 0.271 e. The first-order chi connectivity index (χ1) is 11.6. The molecule has 0 atom stereocenters. The van der Waals surface area contributed by atoms with Gasteiger partial charge in [0, 0.05) is 17.7 Å². The van der Waals surface area contributed by atoms with Crippen molar-refractivity contribution in [1.82, 2.24) is 10.3 Å². The molecule has 0 radical (unpaired) electrons. The van der Waals surface area contributed by atoms with Crippen molar-refractivity contribution < 1.29 is 14.6 Å². The summed E-state index contributed by atoms with van der Waals surface area (Å²) in [4.78, 5) is 14.0. The van der Waals surface area contributed by atoms with Gasteiger partial charge in [0.25, 0.3) is 5.91 Å². The van der Waals surface area contributed by atoms with Crippen molar-refractivity contribution in [1.29, 1.82) is 0 Å². The Morgan fingerprint density at radius 3 is 2.58 bits per heavy atom. The minimum atomic E-state index is -0.332. The van der Waals surface area contributed by atoms with E-state index in [0.717, 1.165) is 6.54 Å². The molecule has 0 saturated heterocycles. The van der Waals surface area contributed by atoms with Crippen LogP contribution < -0.4 is 10.2 Å². The van der Waals surface area contributed by atoms with Gasteiger partial charge in [-0.3, -0.25) is 4.79 Å². The Bertz CT molecular complexity index is 697. The number of para-hydroxylation sites is 1. The number of hydrogen-bond donors (Lipinski definition) is 2. The summed E-state index contributed by atoms with van der Waals surface area (Å²) in [5.74, 6) is 0.488. The number of hydrogen-bond acceptors (Lipinski definition) is 5. The van der Waals surface area contributed by atoms with Crippen LogP contribution in [0.4, 0.5) is 0 Å². The van der Waals surface area contributed by atoms with Crippen molar-refractivity contribution in [3.8, 4) is 11.5 Å². The summed E-state index contributed by atoms with van der Waals surface area (Å²) >= 11 is 0. The SMILES string of the molecule is CN(C)CCOc1ccc(C(=O)N/N=C/c2ccccc2O)cc1. The van der Waals surface area contributed by atoms with Gasteiger partial charge in [-0.1, -0.05) is 12.1 Å². The van der Waals surface area contributed by atoms with Crippen molar-refractivity contribution in [3.63, 3.8) is 0 Å². The Morgan fingerprint density at radius 2 is 1.92 bits per heavy atom. The van der Waals surface area contributed by atoms with Gasteiger partial charge < -0.3 is 14.7 Å². The standard InChI is InChI=1S/C18H21N3O3/c1-21(2)11-12-24-16-9-7-14(8-10-16)18(23)20-19-13-15-5-3-4-6-17(15)22/h3-10,13,22H,11-12H2,1-2H3,(H,20,23)/b19-13+. The lowest BCUT2D eigenvalue weighted by atomic mass is 10.2. The zero-order chi connectivity index (χ0) is 17.4. The van der Waals surface area contributed by atoms with Crippen LogP contribution in [0.2, 0.25) is 0 Å². The normalized spacial score (nSPS) is 11.0. The number of nitrogens with zero attached hydrogens (tertiary/aromatic N) is 2. The summed E-state index contributed by atoms with van der Waals surface area (Å²) in [6.45, 7) is 1.41. The molecule has 0 unspecified atom stereocenters. The van der Waals surface area contributed by atoms with Gasteiger partial charge in [0.2, 0.25) is 0 Å². The molecule has 0 fully saturated rings. The topological polar surface area (TPSA) is 74.2 Å². The zero-order valence-corrected chi connectivity index (χ0v) is 13.8. The van der Waals surface area contributed by atoms with Gasteiger partial charge in [-0.25, -0.2) is 5.43 Å². The van der Waals surface area contributed by atoms with Crippen molar-refractivity contribution in [2.45, 2.75) is 0 Å². The van der Waals surface area contributed by atoms with E-state index in [1.807, 2.05) is 19.0 Å². The number of ether oxygens (including phenoxy) is 1. The van der Waals surface area contributed by atoms with Gasteiger partial charge >= 0.3 is 0 Å². The summed E-state index contributed by atoms with van der Waals surface area (Å²) in [6.07, 6.45) is 1.39. The molecule has 2 aromatic rings. The number of phenolic OH excluding ortho intramolecular Hbond substituents is 1. The fraction of sp³-hybridized carbons (Fsp3) is 0.222. The van der Waals surface area contributed by atoms with E-state index in [1.54, 1.807) is 48.5 Å². The summed E-state index contributed by atoms with van der Waals surface area (Å²) < 4.78 is 5.57. The fourth-order valence-electron chi connectivity index (χ4n) is 1.87. The Hall–Kier alpha value is -2.86. The van der Waals surface area contributed by atoms with Crippen LogP contribution >= 0.6 is 0 Å². The number of nitrogens with one attached hydrogen (secondary N) is 1. The van der Waals surface area contributed by atoms with E-state index in [-0.39, 0.29) is 11.7 Å². The van der Waals surface area contributed by atoms with Crippen LogP contribution in [-0.4, -0.2) is 49.4 Å².